The van der Waals surface area contributed by atoms with Crippen LogP contribution in [0.2, 0.25) is 0 Å². The number of halogens is 3. The first-order chi connectivity index (χ1) is 11.3. The van der Waals surface area contributed by atoms with Crippen molar-refractivity contribution in [2.45, 2.75) is 16.9 Å². The number of rotatable bonds is 5. The third-order valence-electron chi connectivity index (χ3n) is 3.32. The standard InChI is InChI=1S/C17H17Cl3N2O2/c1-11-7-9-12(10-8-11)21-16(17(18,19)20)22-15(23)13-5-3-4-6-14(13)24-2/h3-10,16,21H,1-2H3,(H,22,23)/t16-/m1/s1. The molecule has 0 aliphatic heterocycles. The Kier molecular flexibility index (Phi) is 6.21. The molecule has 0 radical (unpaired) electrons. The molecule has 2 aromatic rings. The van der Waals surface area contributed by atoms with Crippen LogP contribution >= 0.6 is 34.8 Å². The van der Waals surface area contributed by atoms with Gasteiger partial charge in [0.05, 0.1) is 12.7 Å². The highest BCUT2D eigenvalue weighted by atomic mass is 35.6. The van der Waals surface area contributed by atoms with Gasteiger partial charge in [-0.2, -0.15) is 0 Å². The lowest BCUT2D eigenvalue weighted by atomic mass is 10.2. The number of benzene rings is 2. The minimum absolute atomic E-state index is 0.352. The highest BCUT2D eigenvalue weighted by Gasteiger charge is 2.34. The minimum Gasteiger partial charge on any atom is -0.496 e. The molecule has 1 atom stereocenters. The van der Waals surface area contributed by atoms with Crippen molar-refractivity contribution in [1.29, 1.82) is 0 Å². The van der Waals surface area contributed by atoms with Crippen molar-refractivity contribution in [1.82, 2.24) is 5.32 Å². The van der Waals surface area contributed by atoms with Crippen LogP contribution in [0.1, 0.15) is 15.9 Å². The van der Waals surface area contributed by atoms with Crippen LogP contribution in [0.15, 0.2) is 48.5 Å². The number of para-hydroxylation sites is 1. The van der Waals surface area contributed by atoms with E-state index < -0.39 is 15.9 Å². The molecule has 1 amide bonds. The van der Waals surface area contributed by atoms with Crippen molar-refractivity contribution in [3.8, 4) is 5.75 Å². The fraction of sp³-hybridized carbons (Fsp3) is 0.235. The van der Waals surface area contributed by atoms with Gasteiger partial charge in [-0.1, -0.05) is 64.6 Å². The van der Waals surface area contributed by atoms with Crippen LogP contribution in [0.25, 0.3) is 0 Å². The summed E-state index contributed by atoms with van der Waals surface area (Å²) >= 11 is 18.0. The van der Waals surface area contributed by atoms with Crippen LogP contribution < -0.4 is 15.4 Å². The quantitative estimate of drug-likeness (QED) is 0.585. The van der Waals surface area contributed by atoms with Gasteiger partial charge in [-0.3, -0.25) is 4.79 Å². The molecule has 0 heterocycles. The molecular formula is C17H17Cl3N2O2. The normalized spacial score (nSPS) is 12.4. The molecule has 0 aromatic heterocycles. The number of anilines is 1. The first-order valence-electron chi connectivity index (χ1n) is 7.15. The van der Waals surface area contributed by atoms with E-state index in [0.29, 0.717) is 11.3 Å². The van der Waals surface area contributed by atoms with Crippen molar-refractivity contribution in [2.75, 3.05) is 12.4 Å². The second-order valence-corrected chi connectivity index (χ2v) is 7.53. The molecule has 0 saturated carbocycles. The summed E-state index contributed by atoms with van der Waals surface area (Å²) in [5, 5.41) is 5.70. The Morgan fingerprint density at radius 1 is 1.08 bits per heavy atom. The molecule has 24 heavy (non-hydrogen) atoms. The van der Waals surface area contributed by atoms with Crippen LogP contribution in [-0.4, -0.2) is 23.0 Å². The van der Waals surface area contributed by atoms with Crippen LogP contribution in [0.5, 0.6) is 5.75 Å². The van der Waals surface area contributed by atoms with E-state index in [2.05, 4.69) is 10.6 Å². The van der Waals surface area contributed by atoms with Crippen LogP contribution in [0.3, 0.4) is 0 Å². The molecular weight excluding hydrogens is 371 g/mol. The number of hydrogen-bond acceptors (Lipinski definition) is 3. The van der Waals surface area contributed by atoms with Gasteiger partial charge in [0.2, 0.25) is 3.79 Å². The average Bonchev–Trinajstić information content (AvgIpc) is 2.55. The molecule has 0 fully saturated rings. The zero-order valence-corrected chi connectivity index (χ0v) is 15.4. The second kappa shape index (κ2) is 7.97. The number of aryl methyl sites for hydroxylation is 1. The summed E-state index contributed by atoms with van der Waals surface area (Å²) in [4.78, 5) is 12.5. The van der Waals surface area contributed by atoms with Gasteiger partial charge in [0.25, 0.3) is 5.91 Å². The van der Waals surface area contributed by atoms with Gasteiger partial charge in [-0.25, -0.2) is 0 Å². The predicted octanol–water partition coefficient (Wildman–Crippen LogP) is 4.54. The van der Waals surface area contributed by atoms with E-state index in [0.717, 1.165) is 11.3 Å². The maximum absolute atomic E-state index is 12.5. The van der Waals surface area contributed by atoms with Gasteiger partial charge in [0.15, 0.2) is 0 Å². The smallest absolute Gasteiger partial charge is 0.256 e. The molecule has 2 rings (SSSR count). The van der Waals surface area contributed by atoms with Crippen molar-refractivity contribution < 1.29 is 9.53 Å². The first-order valence-corrected chi connectivity index (χ1v) is 8.28. The van der Waals surface area contributed by atoms with E-state index in [1.807, 2.05) is 31.2 Å². The Labute approximate surface area is 156 Å². The fourth-order valence-corrected chi connectivity index (χ4v) is 2.38. The molecule has 0 aliphatic carbocycles. The fourth-order valence-electron chi connectivity index (χ4n) is 2.06. The third-order valence-corrected chi connectivity index (χ3v) is 3.97. The van der Waals surface area contributed by atoms with E-state index in [4.69, 9.17) is 39.5 Å². The predicted molar refractivity (Wildman–Crippen MR) is 99.3 cm³/mol. The highest BCUT2D eigenvalue weighted by molar-refractivity contribution is 6.68. The zero-order chi connectivity index (χ0) is 17.7. The number of carbonyl (C=O) groups excluding carboxylic acids is 1. The molecule has 0 bridgehead atoms. The second-order valence-electron chi connectivity index (χ2n) is 5.16. The Balaban J connectivity index is 2.20. The number of amides is 1. The Bertz CT molecular complexity index is 700. The Morgan fingerprint density at radius 3 is 2.29 bits per heavy atom. The van der Waals surface area contributed by atoms with Gasteiger partial charge in [-0.05, 0) is 31.2 Å². The average molecular weight is 388 g/mol. The van der Waals surface area contributed by atoms with Gasteiger partial charge in [0.1, 0.15) is 11.9 Å². The number of alkyl halides is 3. The van der Waals surface area contributed by atoms with Crippen molar-refractivity contribution in [3.05, 3.63) is 59.7 Å². The van der Waals surface area contributed by atoms with E-state index in [1.165, 1.54) is 7.11 Å². The van der Waals surface area contributed by atoms with Gasteiger partial charge < -0.3 is 15.4 Å². The number of carbonyl (C=O) groups is 1. The SMILES string of the molecule is COc1ccccc1C(=O)N[C@@H](Nc1ccc(C)cc1)C(Cl)(Cl)Cl. The van der Waals surface area contributed by atoms with Crippen molar-refractivity contribution in [3.63, 3.8) is 0 Å². The summed E-state index contributed by atoms with van der Waals surface area (Å²) in [6.45, 7) is 1.97. The molecule has 0 unspecified atom stereocenters. The van der Waals surface area contributed by atoms with E-state index in [9.17, 15) is 4.79 Å². The summed E-state index contributed by atoms with van der Waals surface area (Å²) in [5.74, 6) is 0.0248. The largest absolute Gasteiger partial charge is 0.496 e. The maximum atomic E-state index is 12.5. The van der Waals surface area contributed by atoms with E-state index in [-0.39, 0.29) is 0 Å². The maximum Gasteiger partial charge on any atom is 0.256 e. The van der Waals surface area contributed by atoms with Gasteiger partial charge in [-0.15, -0.1) is 0 Å². The molecule has 0 aliphatic rings. The Morgan fingerprint density at radius 2 is 1.71 bits per heavy atom. The lowest BCUT2D eigenvalue weighted by Crippen LogP contribution is -2.49. The molecule has 0 saturated heterocycles. The van der Waals surface area contributed by atoms with Crippen LogP contribution in [-0.2, 0) is 0 Å². The topological polar surface area (TPSA) is 50.4 Å². The Hall–Kier alpha value is -1.62. The zero-order valence-electron chi connectivity index (χ0n) is 13.1. The van der Waals surface area contributed by atoms with Crippen molar-refractivity contribution in [2.24, 2.45) is 0 Å². The van der Waals surface area contributed by atoms with Crippen LogP contribution in [0.4, 0.5) is 5.69 Å². The number of ether oxygens (including phenoxy) is 1. The molecule has 2 N–H and O–H groups in total. The van der Waals surface area contributed by atoms with Crippen LogP contribution in [0, 0.1) is 6.92 Å². The first kappa shape index (κ1) is 18.7. The lowest BCUT2D eigenvalue weighted by Gasteiger charge is -2.27. The summed E-state index contributed by atoms with van der Waals surface area (Å²) in [5.41, 5.74) is 2.17. The van der Waals surface area contributed by atoms with Gasteiger partial charge in [0, 0.05) is 5.69 Å². The summed E-state index contributed by atoms with van der Waals surface area (Å²) < 4.78 is 3.44. The monoisotopic (exact) mass is 386 g/mol. The van der Waals surface area contributed by atoms with E-state index in [1.54, 1.807) is 24.3 Å². The summed E-state index contributed by atoms with van der Waals surface area (Å²) in [6.07, 6.45) is -0.928. The minimum atomic E-state index is -1.75. The lowest BCUT2D eigenvalue weighted by molar-refractivity contribution is 0.0939. The molecule has 128 valence electrons. The molecule has 4 nitrogen and oxygen atoms in total. The number of nitrogens with one attached hydrogen (secondary N) is 2. The molecule has 0 spiro atoms. The molecule has 2 aromatic carbocycles. The summed E-state index contributed by atoms with van der Waals surface area (Å²) in [6, 6.07) is 14.3. The third kappa shape index (κ3) is 4.94. The van der Waals surface area contributed by atoms with E-state index >= 15 is 0 Å². The summed E-state index contributed by atoms with van der Waals surface area (Å²) in [7, 11) is 1.49. The number of hydrogen-bond donors (Lipinski definition) is 2. The van der Waals surface area contributed by atoms with Gasteiger partial charge >= 0.3 is 0 Å². The molecule has 7 heteroatoms. The van der Waals surface area contributed by atoms with Crippen molar-refractivity contribution >= 4 is 46.4 Å². The highest BCUT2D eigenvalue weighted by Crippen LogP contribution is 2.31. The number of methoxy groups -OCH3 is 1.